The predicted octanol–water partition coefficient (Wildman–Crippen LogP) is 2.75. The fraction of sp³-hybridized carbons (Fsp3) is 0. The van der Waals surface area contributed by atoms with Gasteiger partial charge in [-0.15, -0.1) is 0 Å². The first-order chi connectivity index (χ1) is 5.68. The quantitative estimate of drug-likeness (QED) is 0.678. The second kappa shape index (κ2) is 3.12. The molecule has 0 aliphatic rings. The lowest BCUT2D eigenvalue weighted by atomic mass is 10.6. The maximum Gasteiger partial charge on any atom is 0.163 e. The van der Waals surface area contributed by atoms with E-state index in [-0.39, 0.29) is 0 Å². The lowest BCUT2D eigenvalue weighted by Gasteiger charge is -1.96. The Kier molecular flexibility index (Phi) is 2.26. The number of fused-ring (bicyclic) bond motifs is 1. The Balaban J connectivity index is 2.87. The number of aromatic nitrogens is 3. The molecule has 3 nitrogen and oxygen atoms in total. The maximum absolute atomic E-state index is 5.83. The summed E-state index contributed by atoms with van der Waals surface area (Å²) >= 11 is 11.2. The number of nitrogens with zero attached hydrogens (tertiary/aromatic N) is 3. The normalized spacial score (nSPS) is 10.9. The zero-order valence-corrected chi connectivity index (χ0v) is 10.1. The molecule has 2 heterocycles. The van der Waals surface area contributed by atoms with Crippen LogP contribution in [-0.2, 0) is 0 Å². The Hall–Kier alpha value is 0.120. The molecule has 2 aromatic rings. The molecule has 6 heteroatoms. The Bertz CT molecular complexity index is 442. The van der Waals surface area contributed by atoms with E-state index in [9.17, 15) is 0 Å². The smallest absolute Gasteiger partial charge is 0.163 e. The summed E-state index contributed by atoms with van der Waals surface area (Å²) in [6.45, 7) is 0. The molecule has 2 rings (SSSR count). The molecule has 62 valence electrons. The van der Waals surface area contributed by atoms with E-state index in [1.165, 1.54) is 0 Å². The van der Waals surface area contributed by atoms with Crippen molar-refractivity contribution in [3.8, 4) is 0 Å². The van der Waals surface area contributed by atoms with E-state index in [2.05, 4.69) is 48.6 Å². The van der Waals surface area contributed by atoms with Crippen LogP contribution >= 0.6 is 50.1 Å². The summed E-state index contributed by atoms with van der Waals surface area (Å²) in [4.78, 5) is 4.11. The van der Waals surface area contributed by atoms with Crippen LogP contribution in [0, 0.1) is 3.57 Å². The lowest BCUT2D eigenvalue weighted by molar-refractivity contribution is 0.911. The van der Waals surface area contributed by atoms with Gasteiger partial charge in [0, 0.05) is 0 Å². The molecule has 0 bridgehead atoms. The Morgan fingerprint density at radius 2 is 2.33 bits per heavy atom. The van der Waals surface area contributed by atoms with E-state index < -0.39 is 0 Å². The summed E-state index contributed by atoms with van der Waals surface area (Å²) in [6.07, 6.45) is 1.69. The molecule has 0 spiro atoms. The van der Waals surface area contributed by atoms with E-state index in [0.29, 0.717) is 5.15 Å². The second-order valence-corrected chi connectivity index (χ2v) is 4.47. The molecule has 0 radical (unpaired) electrons. The molecule has 0 amide bonds. The predicted molar refractivity (Wildman–Crippen MR) is 58.4 cm³/mol. The summed E-state index contributed by atoms with van der Waals surface area (Å²) in [5.74, 6) is 0. The van der Waals surface area contributed by atoms with E-state index in [4.69, 9.17) is 11.6 Å². The van der Waals surface area contributed by atoms with Crippen LogP contribution < -0.4 is 0 Å². The van der Waals surface area contributed by atoms with Crippen molar-refractivity contribution in [2.24, 2.45) is 0 Å². The van der Waals surface area contributed by atoms with E-state index in [0.717, 1.165) is 13.8 Å². The summed E-state index contributed by atoms with van der Waals surface area (Å²) in [6, 6.07) is 1.88. The molecule has 12 heavy (non-hydrogen) atoms. The van der Waals surface area contributed by atoms with Gasteiger partial charge in [-0.05, 0) is 44.6 Å². The Morgan fingerprint density at radius 3 is 3.08 bits per heavy atom. The van der Waals surface area contributed by atoms with Gasteiger partial charge in [-0.3, -0.25) is 0 Å². The van der Waals surface area contributed by atoms with Crippen LogP contribution in [0.3, 0.4) is 0 Å². The molecule has 0 fully saturated rings. The van der Waals surface area contributed by atoms with Gasteiger partial charge in [0.15, 0.2) is 10.8 Å². The van der Waals surface area contributed by atoms with Crippen molar-refractivity contribution in [2.45, 2.75) is 0 Å². The van der Waals surface area contributed by atoms with Crippen LogP contribution in [-0.4, -0.2) is 14.6 Å². The van der Waals surface area contributed by atoms with Crippen LogP contribution in [0.2, 0.25) is 5.15 Å². The summed E-state index contributed by atoms with van der Waals surface area (Å²) < 4.78 is 3.35. The molecule has 0 unspecified atom stereocenters. The Morgan fingerprint density at radius 1 is 1.58 bits per heavy atom. The topological polar surface area (TPSA) is 30.2 Å². The molecule has 0 saturated heterocycles. The molecule has 0 N–H and O–H groups in total. The summed E-state index contributed by atoms with van der Waals surface area (Å²) in [5.41, 5.74) is 0.788. The van der Waals surface area contributed by atoms with Gasteiger partial charge < -0.3 is 0 Å². The third-order valence-corrected chi connectivity index (χ3v) is 3.32. The molecule has 0 saturated carbocycles. The van der Waals surface area contributed by atoms with Gasteiger partial charge in [0.05, 0.1) is 9.77 Å². The van der Waals surface area contributed by atoms with Gasteiger partial charge in [-0.25, -0.2) is 9.50 Å². The third-order valence-electron chi connectivity index (χ3n) is 1.36. The standard InChI is InChI=1S/C6H2BrClIN3/c7-4-2-10-5-1-3(9)6(8)11-12(4)5/h1-2H. The zero-order valence-electron chi connectivity index (χ0n) is 5.63. The van der Waals surface area contributed by atoms with Crippen LogP contribution in [0.1, 0.15) is 0 Å². The molecule has 0 aliphatic heterocycles. The van der Waals surface area contributed by atoms with Gasteiger partial charge in [-0.2, -0.15) is 5.10 Å². The molecular weight excluding hydrogens is 356 g/mol. The fourth-order valence-corrected chi connectivity index (χ4v) is 1.72. The highest BCUT2D eigenvalue weighted by Gasteiger charge is 2.05. The number of rotatable bonds is 0. The number of halogens is 3. The van der Waals surface area contributed by atoms with Gasteiger partial charge in [0.25, 0.3) is 0 Å². The van der Waals surface area contributed by atoms with Crippen molar-refractivity contribution in [3.63, 3.8) is 0 Å². The highest BCUT2D eigenvalue weighted by atomic mass is 127. The fourth-order valence-electron chi connectivity index (χ4n) is 0.844. The molecular formula is C6H2BrClIN3. The largest absolute Gasteiger partial charge is 0.234 e. The number of hydrogen-bond donors (Lipinski definition) is 0. The van der Waals surface area contributed by atoms with Gasteiger partial charge in [0.2, 0.25) is 0 Å². The summed E-state index contributed by atoms with van der Waals surface area (Å²) in [7, 11) is 0. The van der Waals surface area contributed by atoms with Gasteiger partial charge in [0.1, 0.15) is 4.60 Å². The van der Waals surface area contributed by atoms with E-state index in [1.54, 1.807) is 10.7 Å². The van der Waals surface area contributed by atoms with Crippen molar-refractivity contribution >= 4 is 55.8 Å². The molecule has 0 aliphatic carbocycles. The first-order valence-corrected chi connectivity index (χ1v) is 5.29. The SMILES string of the molecule is Clc1nn2c(Br)cnc2cc1I. The van der Waals surface area contributed by atoms with Crippen molar-refractivity contribution in [1.29, 1.82) is 0 Å². The molecule has 2 aromatic heterocycles. The van der Waals surface area contributed by atoms with Crippen molar-refractivity contribution < 1.29 is 0 Å². The van der Waals surface area contributed by atoms with Crippen LogP contribution in [0.25, 0.3) is 5.65 Å². The second-order valence-electron chi connectivity index (χ2n) is 2.13. The van der Waals surface area contributed by atoms with Gasteiger partial charge >= 0.3 is 0 Å². The lowest BCUT2D eigenvalue weighted by Crippen LogP contribution is -1.93. The van der Waals surface area contributed by atoms with Crippen molar-refractivity contribution in [3.05, 3.63) is 25.6 Å². The average Bonchev–Trinajstić information content (AvgIpc) is 2.35. The average molecular weight is 358 g/mol. The highest BCUT2D eigenvalue weighted by molar-refractivity contribution is 14.1. The summed E-state index contributed by atoms with van der Waals surface area (Å²) in [5, 5.41) is 4.59. The number of hydrogen-bond acceptors (Lipinski definition) is 2. The first-order valence-electron chi connectivity index (χ1n) is 3.04. The Labute approximate surface area is 95.4 Å². The third kappa shape index (κ3) is 1.33. The minimum Gasteiger partial charge on any atom is -0.234 e. The van der Waals surface area contributed by atoms with Gasteiger partial charge in [-0.1, -0.05) is 11.6 Å². The van der Waals surface area contributed by atoms with Crippen LogP contribution in [0.15, 0.2) is 16.9 Å². The minimum atomic E-state index is 0.488. The van der Waals surface area contributed by atoms with E-state index >= 15 is 0 Å². The highest BCUT2D eigenvalue weighted by Crippen LogP contribution is 2.19. The minimum absolute atomic E-state index is 0.488. The van der Waals surface area contributed by atoms with Crippen LogP contribution in [0.4, 0.5) is 0 Å². The molecule has 0 atom stereocenters. The zero-order chi connectivity index (χ0) is 8.72. The van der Waals surface area contributed by atoms with Crippen molar-refractivity contribution in [1.82, 2.24) is 14.6 Å². The molecule has 0 aromatic carbocycles. The van der Waals surface area contributed by atoms with Crippen LogP contribution in [0.5, 0.6) is 0 Å². The monoisotopic (exact) mass is 357 g/mol. The maximum atomic E-state index is 5.83. The first kappa shape index (κ1) is 8.71. The number of imidazole rings is 1. The van der Waals surface area contributed by atoms with E-state index in [1.807, 2.05) is 6.07 Å². The van der Waals surface area contributed by atoms with Crippen molar-refractivity contribution in [2.75, 3.05) is 0 Å².